The maximum Gasteiger partial charge on any atom is 1.00 e. The molecule has 0 aliphatic heterocycles. The second kappa shape index (κ2) is 9.71. The van der Waals surface area contributed by atoms with Crippen LogP contribution in [0.3, 0.4) is 0 Å². The molecule has 86 valence electrons. The predicted molar refractivity (Wildman–Crippen MR) is 65.8 cm³/mol. The third-order valence-corrected chi connectivity index (χ3v) is 2.71. The van der Waals surface area contributed by atoms with Gasteiger partial charge in [-0.3, -0.25) is 4.99 Å². The van der Waals surface area contributed by atoms with E-state index in [1.807, 2.05) is 36.6 Å². The Morgan fingerprint density at radius 1 is 1.47 bits per heavy atom. The van der Waals surface area contributed by atoms with Gasteiger partial charge in [0.2, 0.25) is 0 Å². The van der Waals surface area contributed by atoms with Crippen molar-refractivity contribution in [3.8, 4) is 0 Å². The van der Waals surface area contributed by atoms with Gasteiger partial charge in [0.25, 0.3) is 0 Å². The molecule has 3 nitrogen and oxygen atoms in total. The van der Waals surface area contributed by atoms with Crippen molar-refractivity contribution < 1.29 is 39.5 Å². The number of carboxylic acids is 1. The standard InChI is InChI=1S/C12H15NO2S.Na/c1-16-8-7-11(12(14)15)13-9-10-5-3-2-4-6-10;/h2-6,9,11H,7-8H2,1H3,(H,14,15);/q;+1/p-1/t11-;/m1./s1. The Labute approximate surface area is 128 Å². The molecule has 1 rings (SSSR count). The van der Waals surface area contributed by atoms with Gasteiger partial charge in [-0.05, 0) is 24.0 Å². The topological polar surface area (TPSA) is 52.5 Å². The maximum atomic E-state index is 10.8. The number of aliphatic imine (C=N–C) groups is 1. The number of carbonyl (C=O) groups is 1. The fourth-order valence-corrected chi connectivity index (χ4v) is 1.66. The molecule has 0 aliphatic carbocycles. The second-order valence-corrected chi connectivity index (χ2v) is 4.29. The summed E-state index contributed by atoms with van der Waals surface area (Å²) in [6.45, 7) is 0. The van der Waals surface area contributed by atoms with Crippen molar-refractivity contribution in [3.05, 3.63) is 35.9 Å². The van der Waals surface area contributed by atoms with Crippen molar-refractivity contribution in [3.63, 3.8) is 0 Å². The zero-order valence-corrected chi connectivity index (χ0v) is 12.9. The molecule has 0 aromatic heterocycles. The summed E-state index contributed by atoms with van der Waals surface area (Å²) >= 11 is 1.60. The van der Waals surface area contributed by atoms with E-state index in [0.717, 1.165) is 11.3 Å². The van der Waals surface area contributed by atoms with E-state index < -0.39 is 12.0 Å². The number of benzene rings is 1. The van der Waals surface area contributed by atoms with Crippen LogP contribution in [-0.2, 0) is 4.79 Å². The third-order valence-electron chi connectivity index (χ3n) is 2.07. The molecule has 0 spiro atoms. The molecule has 1 aromatic carbocycles. The van der Waals surface area contributed by atoms with Crippen LogP contribution in [-0.4, -0.2) is 30.2 Å². The molecular weight excluding hydrogens is 245 g/mol. The normalized spacial score (nSPS) is 12.1. The third kappa shape index (κ3) is 6.88. The number of thioether (sulfide) groups is 1. The molecule has 1 aromatic rings. The Morgan fingerprint density at radius 3 is 2.65 bits per heavy atom. The zero-order chi connectivity index (χ0) is 11.8. The van der Waals surface area contributed by atoms with Crippen molar-refractivity contribution >= 4 is 23.9 Å². The van der Waals surface area contributed by atoms with Crippen LogP contribution in [0.5, 0.6) is 0 Å². The molecule has 0 N–H and O–H groups in total. The van der Waals surface area contributed by atoms with Gasteiger partial charge in [-0.1, -0.05) is 30.3 Å². The molecule has 0 radical (unpaired) electrons. The number of carboxylic acid groups (broad SMARTS) is 1. The van der Waals surface area contributed by atoms with Gasteiger partial charge in [0.15, 0.2) is 0 Å². The summed E-state index contributed by atoms with van der Waals surface area (Å²) in [5, 5.41) is 10.8. The van der Waals surface area contributed by atoms with E-state index in [2.05, 4.69) is 4.99 Å². The molecule has 5 heteroatoms. The van der Waals surface area contributed by atoms with Gasteiger partial charge in [-0.25, -0.2) is 0 Å². The van der Waals surface area contributed by atoms with Gasteiger partial charge in [0, 0.05) is 6.21 Å². The maximum absolute atomic E-state index is 10.8. The summed E-state index contributed by atoms with van der Waals surface area (Å²) in [6.07, 6.45) is 4.03. The molecule has 17 heavy (non-hydrogen) atoms. The minimum atomic E-state index is -1.11. The first-order chi connectivity index (χ1) is 7.74. The summed E-state index contributed by atoms with van der Waals surface area (Å²) in [6, 6.07) is 8.69. The molecule has 0 fully saturated rings. The summed E-state index contributed by atoms with van der Waals surface area (Å²) in [5.41, 5.74) is 0.901. The van der Waals surface area contributed by atoms with Crippen LogP contribution in [0.2, 0.25) is 0 Å². The predicted octanol–water partition coefficient (Wildman–Crippen LogP) is -2.02. The van der Waals surface area contributed by atoms with Crippen LogP contribution in [0, 0.1) is 0 Å². The number of hydrogen-bond acceptors (Lipinski definition) is 4. The minimum Gasteiger partial charge on any atom is -0.548 e. The molecule has 0 saturated heterocycles. The van der Waals surface area contributed by atoms with Crippen molar-refractivity contribution in [1.29, 1.82) is 0 Å². The van der Waals surface area contributed by atoms with Crippen LogP contribution in [0.25, 0.3) is 0 Å². The SMILES string of the molecule is CSCC[C@@H](N=Cc1ccccc1)C(=O)[O-].[Na+]. The Bertz CT molecular complexity index is 357. The largest absolute Gasteiger partial charge is 1.00 e. The van der Waals surface area contributed by atoms with Crippen LogP contribution in [0.4, 0.5) is 0 Å². The molecule has 0 amide bonds. The van der Waals surface area contributed by atoms with Crippen LogP contribution in [0.1, 0.15) is 12.0 Å². The monoisotopic (exact) mass is 259 g/mol. The molecule has 1 atom stereocenters. The number of hydrogen-bond donors (Lipinski definition) is 0. The molecular formula is C12H14NNaO2S. The molecule has 0 aliphatic rings. The Hall–Kier alpha value is -0.290. The van der Waals surface area contributed by atoms with Gasteiger partial charge in [0.05, 0.1) is 12.0 Å². The smallest absolute Gasteiger partial charge is 0.548 e. The average molecular weight is 259 g/mol. The van der Waals surface area contributed by atoms with Crippen molar-refractivity contribution in [2.24, 2.45) is 4.99 Å². The van der Waals surface area contributed by atoms with Gasteiger partial charge in [-0.2, -0.15) is 11.8 Å². The van der Waals surface area contributed by atoms with E-state index in [4.69, 9.17) is 0 Å². The fourth-order valence-electron chi connectivity index (χ4n) is 1.20. The van der Waals surface area contributed by atoms with E-state index in [0.29, 0.717) is 6.42 Å². The van der Waals surface area contributed by atoms with Gasteiger partial charge >= 0.3 is 29.6 Å². The summed E-state index contributed by atoms with van der Waals surface area (Å²) in [4.78, 5) is 14.8. The van der Waals surface area contributed by atoms with Crippen LogP contribution >= 0.6 is 11.8 Å². The summed E-state index contributed by atoms with van der Waals surface area (Å²) in [7, 11) is 0. The Balaban J connectivity index is 0.00000256. The number of nitrogens with zero attached hydrogens (tertiary/aromatic N) is 1. The summed E-state index contributed by atoms with van der Waals surface area (Å²) in [5.74, 6) is -0.341. The molecule has 0 unspecified atom stereocenters. The molecule has 0 bridgehead atoms. The first-order valence-electron chi connectivity index (χ1n) is 5.02. The van der Waals surface area contributed by atoms with E-state index in [1.165, 1.54) is 0 Å². The van der Waals surface area contributed by atoms with Gasteiger partial charge in [0.1, 0.15) is 0 Å². The first kappa shape index (κ1) is 16.7. The first-order valence-corrected chi connectivity index (χ1v) is 6.41. The van der Waals surface area contributed by atoms with E-state index in [1.54, 1.807) is 18.0 Å². The average Bonchev–Trinajstić information content (AvgIpc) is 2.30. The zero-order valence-electron chi connectivity index (χ0n) is 10.1. The number of rotatable bonds is 6. The van der Waals surface area contributed by atoms with Crippen LogP contribution in [0.15, 0.2) is 35.3 Å². The second-order valence-electron chi connectivity index (χ2n) is 3.31. The van der Waals surface area contributed by atoms with Gasteiger partial charge in [-0.15, -0.1) is 0 Å². The Kier molecular flexibility index (Phi) is 9.55. The molecule has 0 saturated carbocycles. The van der Waals surface area contributed by atoms with E-state index in [-0.39, 0.29) is 29.6 Å². The van der Waals surface area contributed by atoms with Crippen LogP contribution < -0.4 is 34.7 Å². The van der Waals surface area contributed by atoms with Crippen molar-refractivity contribution in [1.82, 2.24) is 0 Å². The minimum absolute atomic E-state index is 0. The molecule has 0 heterocycles. The number of aliphatic carboxylic acids is 1. The number of carbonyl (C=O) groups excluding carboxylic acids is 1. The Morgan fingerprint density at radius 2 is 2.12 bits per heavy atom. The quantitative estimate of drug-likeness (QED) is 0.438. The van der Waals surface area contributed by atoms with Crippen molar-refractivity contribution in [2.75, 3.05) is 12.0 Å². The van der Waals surface area contributed by atoms with Gasteiger partial charge < -0.3 is 9.90 Å². The summed E-state index contributed by atoms with van der Waals surface area (Å²) < 4.78 is 0. The van der Waals surface area contributed by atoms with E-state index in [9.17, 15) is 9.90 Å². The fraction of sp³-hybridized carbons (Fsp3) is 0.333. The van der Waals surface area contributed by atoms with E-state index >= 15 is 0 Å². The van der Waals surface area contributed by atoms with Crippen molar-refractivity contribution in [2.45, 2.75) is 12.5 Å².